The summed E-state index contributed by atoms with van der Waals surface area (Å²) in [5.74, 6) is 0.155. The van der Waals surface area contributed by atoms with Crippen molar-refractivity contribution < 1.29 is 9.53 Å². The SMILES string of the molecule is C[C@@H](CC(C(=O)c1cccc(CN2CCOCC2)c1)(c1ccccc1)c1ccccc1)N(C)C. The minimum absolute atomic E-state index is 0.155. The third-order valence-corrected chi connectivity index (χ3v) is 7.10. The van der Waals surface area contributed by atoms with E-state index in [-0.39, 0.29) is 11.8 Å². The van der Waals surface area contributed by atoms with Gasteiger partial charge in [-0.3, -0.25) is 9.69 Å². The number of ether oxygens (including phenoxy) is 1. The van der Waals surface area contributed by atoms with Gasteiger partial charge in [-0.25, -0.2) is 0 Å². The second-order valence-electron chi connectivity index (χ2n) is 9.57. The average molecular weight is 457 g/mol. The van der Waals surface area contributed by atoms with Gasteiger partial charge in [-0.2, -0.15) is 0 Å². The molecule has 4 heteroatoms. The number of hydrogen-bond donors (Lipinski definition) is 0. The lowest BCUT2D eigenvalue weighted by atomic mass is 9.66. The Labute approximate surface area is 204 Å². The Morgan fingerprint density at radius 3 is 2.06 bits per heavy atom. The van der Waals surface area contributed by atoms with Crippen molar-refractivity contribution in [1.29, 1.82) is 0 Å². The molecule has 0 aliphatic carbocycles. The molecule has 0 N–H and O–H groups in total. The van der Waals surface area contributed by atoms with Crippen molar-refractivity contribution in [3.8, 4) is 0 Å². The van der Waals surface area contributed by atoms with Crippen LogP contribution < -0.4 is 0 Å². The number of nitrogens with zero attached hydrogens (tertiary/aromatic N) is 2. The van der Waals surface area contributed by atoms with Crippen LogP contribution in [0, 0.1) is 0 Å². The molecule has 34 heavy (non-hydrogen) atoms. The molecule has 0 amide bonds. The molecular formula is C30H36N2O2. The molecule has 1 heterocycles. The fourth-order valence-electron chi connectivity index (χ4n) is 4.90. The Kier molecular flexibility index (Phi) is 7.94. The Morgan fingerprint density at radius 1 is 0.912 bits per heavy atom. The van der Waals surface area contributed by atoms with Gasteiger partial charge in [0.2, 0.25) is 0 Å². The highest BCUT2D eigenvalue weighted by atomic mass is 16.5. The van der Waals surface area contributed by atoms with Crippen LogP contribution in [0.15, 0.2) is 84.9 Å². The number of Topliss-reactive ketones (excluding diaryl/α,β-unsaturated/α-hetero) is 1. The van der Waals surface area contributed by atoms with E-state index in [1.807, 2.05) is 48.5 Å². The van der Waals surface area contributed by atoms with Crippen LogP contribution in [0.25, 0.3) is 0 Å². The summed E-state index contributed by atoms with van der Waals surface area (Å²) >= 11 is 0. The highest BCUT2D eigenvalue weighted by Crippen LogP contribution is 2.40. The van der Waals surface area contributed by atoms with E-state index in [1.165, 1.54) is 5.56 Å². The molecule has 4 rings (SSSR count). The summed E-state index contributed by atoms with van der Waals surface area (Å²) < 4.78 is 5.50. The molecule has 4 nitrogen and oxygen atoms in total. The largest absolute Gasteiger partial charge is 0.379 e. The molecule has 0 radical (unpaired) electrons. The van der Waals surface area contributed by atoms with Gasteiger partial charge in [0.25, 0.3) is 0 Å². The molecule has 0 saturated carbocycles. The first kappa shape index (κ1) is 24.3. The predicted octanol–water partition coefficient (Wildman–Crippen LogP) is 5.03. The number of morpholine rings is 1. The van der Waals surface area contributed by atoms with E-state index in [9.17, 15) is 4.79 Å². The number of hydrogen-bond acceptors (Lipinski definition) is 4. The molecule has 1 fully saturated rings. The molecule has 1 aliphatic rings. The van der Waals surface area contributed by atoms with Gasteiger partial charge in [0.15, 0.2) is 5.78 Å². The highest BCUT2D eigenvalue weighted by Gasteiger charge is 2.43. The van der Waals surface area contributed by atoms with Crippen LogP contribution in [0.5, 0.6) is 0 Å². The fourth-order valence-corrected chi connectivity index (χ4v) is 4.90. The molecule has 1 aliphatic heterocycles. The van der Waals surface area contributed by atoms with Crippen molar-refractivity contribution in [2.75, 3.05) is 40.4 Å². The monoisotopic (exact) mass is 456 g/mol. The van der Waals surface area contributed by atoms with Crippen LogP contribution in [0.4, 0.5) is 0 Å². The third kappa shape index (κ3) is 5.30. The Morgan fingerprint density at radius 2 is 1.50 bits per heavy atom. The Bertz CT molecular complexity index is 1020. The van der Waals surface area contributed by atoms with Crippen molar-refractivity contribution in [3.05, 3.63) is 107 Å². The van der Waals surface area contributed by atoms with E-state index < -0.39 is 5.41 Å². The van der Waals surface area contributed by atoms with E-state index in [4.69, 9.17) is 4.74 Å². The van der Waals surface area contributed by atoms with Crippen LogP contribution in [-0.4, -0.2) is 62.0 Å². The first-order valence-electron chi connectivity index (χ1n) is 12.2. The number of carbonyl (C=O) groups is 1. The number of benzene rings is 3. The quantitative estimate of drug-likeness (QED) is 0.423. The van der Waals surface area contributed by atoms with E-state index in [0.29, 0.717) is 6.42 Å². The van der Waals surface area contributed by atoms with E-state index in [0.717, 1.165) is 49.5 Å². The van der Waals surface area contributed by atoms with Crippen LogP contribution >= 0.6 is 0 Å². The van der Waals surface area contributed by atoms with Crippen LogP contribution in [0.1, 0.15) is 40.4 Å². The molecule has 3 aromatic rings. The maximum atomic E-state index is 14.6. The molecule has 0 bridgehead atoms. The third-order valence-electron chi connectivity index (χ3n) is 7.10. The van der Waals surface area contributed by atoms with Gasteiger partial charge < -0.3 is 9.64 Å². The van der Waals surface area contributed by atoms with Crippen LogP contribution in [0.3, 0.4) is 0 Å². The number of ketones is 1. The normalized spacial score (nSPS) is 15.9. The summed E-state index contributed by atoms with van der Waals surface area (Å²) in [7, 11) is 4.16. The van der Waals surface area contributed by atoms with Gasteiger partial charge in [0.05, 0.1) is 18.6 Å². The molecule has 178 valence electrons. The second kappa shape index (κ2) is 11.1. The Hall–Kier alpha value is -2.79. The lowest BCUT2D eigenvalue weighted by Gasteiger charge is -2.38. The zero-order valence-corrected chi connectivity index (χ0v) is 20.6. The standard InChI is InChI=1S/C30H36N2O2/c1-24(31(2)3)22-30(27-13-6-4-7-14-27,28-15-8-5-9-16-28)29(33)26-12-10-11-25(21-26)23-32-17-19-34-20-18-32/h4-16,21,24H,17-20,22-23H2,1-3H3/t24-/m0/s1. The molecule has 0 aromatic heterocycles. The van der Waals surface area contributed by atoms with Crippen molar-refractivity contribution in [2.45, 2.75) is 31.3 Å². The van der Waals surface area contributed by atoms with E-state index >= 15 is 0 Å². The first-order chi connectivity index (χ1) is 16.5. The topological polar surface area (TPSA) is 32.8 Å². The molecule has 1 atom stereocenters. The van der Waals surface area contributed by atoms with Crippen molar-refractivity contribution in [2.24, 2.45) is 0 Å². The highest BCUT2D eigenvalue weighted by molar-refractivity contribution is 6.06. The second-order valence-corrected chi connectivity index (χ2v) is 9.57. The predicted molar refractivity (Wildman–Crippen MR) is 138 cm³/mol. The first-order valence-corrected chi connectivity index (χ1v) is 12.2. The molecular weight excluding hydrogens is 420 g/mol. The van der Waals surface area contributed by atoms with E-state index in [1.54, 1.807) is 0 Å². The number of carbonyl (C=O) groups excluding carboxylic acids is 1. The lowest BCUT2D eigenvalue weighted by molar-refractivity contribution is 0.0342. The van der Waals surface area contributed by atoms with Crippen molar-refractivity contribution in [1.82, 2.24) is 9.80 Å². The zero-order chi connectivity index (χ0) is 24.0. The maximum Gasteiger partial charge on any atom is 0.177 e. The van der Waals surface area contributed by atoms with Gasteiger partial charge in [-0.05, 0) is 50.2 Å². The summed E-state index contributed by atoms with van der Waals surface area (Å²) in [6.45, 7) is 6.43. The maximum absolute atomic E-state index is 14.6. The minimum atomic E-state index is -0.774. The number of rotatable bonds is 9. The molecule has 0 unspecified atom stereocenters. The molecule has 1 saturated heterocycles. The smallest absolute Gasteiger partial charge is 0.177 e. The van der Waals surface area contributed by atoms with Gasteiger partial charge in [-0.1, -0.05) is 78.9 Å². The van der Waals surface area contributed by atoms with Crippen molar-refractivity contribution >= 4 is 5.78 Å². The summed E-state index contributed by atoms with van der Waals surface area (Å²) in [4.78, 5) is 19.2. The van der Waals surface area contributed by atoms with Crippen LogP contribution in [0.2, 0.25) is 0 Å². The minimum Gasteiger partial charge on any atom is -0.379 e. The summed E-state index contributed by atoms with van der Waals surface area (Å²) in [6, 6.07) is 29.0. The van der Waals surface area contributed by atoms with Gasteiger partial charge in [0.1, 0.15) is 0 Å². The lowest BCUT2D eigenvalue weighted by Crippen LogP contribution is -2.43. The summed E-state index contributed by atoms with van der Waals surface area (Å²) in [6.07, 6.45) is 0.695. The van der Waals surface area contributed by atoms with E-state index in [2.05, 4.69) is 67.2 Å². The van der Waals surface area contributed by atoms with Gasteiger partial charge in [0, 0.05) is 31.2 Å². The molecule has 0 spiro atoms. The zero-order valence-electron chi connectivity index (χ0n) is 20.6. The summed E-state index contributed by atoms with van der Waals surface area (Å²) in [5.41, 5.74) is 3.24. The average Bonchev–Trinajstić information content (AvgIpc) is 2.88. The Balaban J connectivity index is 1.80. The van der Waals surface area contributed by atoms with Gasteiger partial charge in [-0.15, -0.1) is 0 Å². The van der Waals surface area contributed by atoms with Crippen LogP contribution in [-0.2, 0) is 16.7 Å². The fraction of sp³-hybridized carbons (Fsp3) is 0.367. The summed E-state index contributed by atoms with van der Waals surface area (Å²) in [5, 5.41) is 0. The van der Waals surface area contributed by atoms with Gasteiger partial charge >= 0.3 is 0 Å². The van der Waals surface area contributed by atoms with Crippen molar-refractivity contribution in [3.63, 3.8) is 0 Å². The molecule has 3 aromatic carbocycles.